The van der Waals surface area contributed by atoms with Crippen molar-refractivity contribution in [3.63, 3.8) is 0 Å². The van der Waals surface area contributed by atoms with Gasteiger partial charge in [0, 0.05) is 18.7 Å². The maximum absolute atomic E-state index is 5.91. The van der Waals surface area contributed by atoms with Crippen LogP contribution in [0, 0.1) is 5.92 Å². The Morgan fingerprint density at radius 3 is 3.12 bits per heavy atom. The average molecular weight is 236 g/mol. The topological polar surface area (TPSA) is 65.1 Å². The molecule has 0 aliphatic carbocycles. The molecule has 3 heterocycles. The normalized spacial score (nSPS) is 33.2. The predicted octanol–water partition coefficient (Wildman–Crippen LogP) is 0.975. The quantitative estimate of drug-likeness (QED) is 0.604. The third kappa shape index (κ3) is 1.78. The zero-order valence-corrected chi connectivity index (χ0v) is 10.2. The smallest absolute Gasteiger partial charge is 0.0682 e. The molecule has 0 aromatic carbocycles. The number of ether oxygens (including phenoxy) is 1. The zero-order valence-electron chi connectivity index (χ0n) is 10.2. The van der Waals surface area contributed by atoms with E-state index < -0.39 is 0 Å². The first-order chi connectivity index (χ1) is 8.33. The summed E-state index contributed by atoms with van der Waals surface area (Å²) in [5.41, 5.74) is 4.14. The number of hydrogen-bond acceptors (Lipinski definition) is 4. The van der Waals surface area contributed by atoms with Crippen molar-refractivity contribution in [3.05, 3.63) is 18.0 Å². The number of nitrogens with zero attached hydrogens (tertiary/aromatic N) is 2. The van der Waals surface area contributed by atoms with Gasteiger partial charge in [0.05, 0.1) is 23.9 Å². The molecule has 0 saturated carbocycles. The standard InChI is InChI=1S/C12H20N4O/c1-2-16-10(5-6-14-16)12(15-13)9-7-8-3-4-11(9)17-8/h5-6,8-9,11-12,15H,2-4,7,13H2,1H3. The SMILES string of the molecule is CCn1nccc1C(NN)C1CC2CCC1O2. The van der Waals surface area contributed by atoms with Crippen LogP contribution in [0.2, 0.25) is 0 Å². The molecule has 4 unspecified atom stereocenters. The summed E-state index contributed by atoms with van der Waals surface area (Å²) < 4.78 is 7.92. The van der Waals surface area contributed by atoms with Crippen LogP contribution in [0.5, 0.6) is 0 Å². The molecule has 1 aromatic heterocycles. The first-order valence-corrected chi connectivity index (χ1v) is 6.46. The molecule has 0 amide bonds. The second kappa shape index (κ2) is 4.40. The van der Waals surface area contributed by atoms with Gasteiger partial charge >= 0.3 is 0 Å². The van der Waals surface area contributed by atoms with Crippen LogP contribution < -0.4 is 11.3 Å². The lowest BCUT2D eigenvalue weighted by Gasteiger charge is -2.28. The largest absolute Gasteiger partial charge is 0.375 e. The maximum Gasteiger partial charge on any atom is 0.0682 e. The number of rotatable bonds is 4. The van der Waals surface area contributed by atoms with Crippen molar-refractivity contribution in [2.75, 3.05) is 0 Å². The molecule has 2 saturated heterocycles. The van der Waals surface area contributed by atoms with Crippen molar-refractivity contribution in [2.24, 2.45) is 11.8 Å². The van der Waals surface area contributed by atoms with Gasteiger partial charge in [-0.05, 0) is 32.3 Å². The number of aromatic nitrogens is 2. The summed E-state index contributed by atoms with van der Waals surface area (Å²) in [6.07, 6.45) is 6.19. The first-order valence-electron chi connectivity index (χ1n) is 6.46. The summed E-state index contributed by atoms with van der Waals surface area (Å²) in [6.45, 7) is 2.98. The van der Waals surface area contributed by atoms with E-state index in [1.54, 1.807) is 0 Å². The molecule has 5 heteroatoms. The van der Waals surface area contributed by atoms with E-state index >= 15 is 0 Å². The molecule has 17 heavy (non-hydrogen) atoms. The summed E-state index contributed by atoms with van der Waals surface area (Å²) >= 11 is 0. The van der Waals surface area contributed by atoms with Crippen LogP contribution in [0.3, 0.4) is 0 Å². The highest BCUT2D eigenvalue weighted by Gasteiger charge is 2.45. The monoisotopic (exact) mass is 236 g/mol. The van der Waals surface area contributed by atoms with Crippen LogP contribution in [0.1, 0.15) is 37.9 Å². The zero-order chi connectivity index (χ0) is 11.8. The predicted molar refractivity (Wildman–Crippen MR) is 64.0 cm³/mol. The Morgan fingerprint density at radius 1 is 1.65 bits per heavy atom. The Kier molecular flexibility index (Phi) is 2.90. The summed E-state index contributed by atoms with van der Waals surface area (Å²) in [4.78, 5) is 0. The van der Waals surface area contributed by atoms with Crippen LogP contribution in [0.15, 0.2) is 12.3 Å². The fraction of sp³-hybridized carbons (Fsp3) is 0.750. The average Bonchev–Trinajstić information content (AvgIpc) is 3.05. The molecule has 3 rings (SSSR count). The Hall–Kier alpha value is -0.910. The van der Waals surface area contributed by atoms with Crippen molar-refractivity contribution in [1.82, 2.24) is 15.2 Å². The molecule has 2 aliphatic heterocycles. The number of fused-ring (bicyclic) bond motifs is 2. The number of hydrogen-bond donors (Lipinski definition) is 2. The van der Waals surface area contributed by atoms with Gasteiger partial charge in [-0.25, -0.2) is 0 Å². The van der Waals surface area contributed by atoms with Crippen LogP contribution in [0.4, 0.5) is 0 Å². The maximum atomic E-state index is 5.91. The van der Waals surface area contributed by atoms with Crippen LogP contribution in [0.25, 0.3) is 0 Å². The second-order valence-corrected chi connectivity index (χ2v) is 4.99. The van der Waals surface area contributed by atoms with Gasteiger partial charge in [-0.15, -0.1) is 0 Å². The molecular weight excluding hydrogens is 216 g/mol. The lowest BCUT2D eigenvalue weighted by Crippen LogP contribution is -2.38. The molecule has 1 aromatic rings. The lowest BCUT2D eigenvalue weighted by molar-refractivity contribution is 0.0849. The van der Waals surface area contributed by atoms with Gasteiger partial charge < -0.3 is 4.74 Å². The van der Waals surface area contributed by atoms with E-state index in [9.17, 15) is 0 Å². The molecule has 94 valence electrons. The number of hydrazine groups is 1. The molecule has 0 spiro atoms. The van der Waals surface area contributed by atoms with E-state index in [-0.39, 0.29) is 6.04 Å². The Balaban J connectivity index is 1.84. The van der Waals surface area contributed by atoms with Crippen molar-refractivity contribution in [2.45, 2.75) is 51.0 Å². The second-order valence-electron chi connectivity index (χ2n) is 4.99. The van der Waals surface area contributed by atoms with Crippen LogP contribution in [-0.2, 0) is 11.3 Å². The molecule has 2 bridgehead atoms. The lowest BCUT2D eigenvalue weighted by atomic mass is 9.83. The van der Waals surface area contributed by atoms with Gasteiger partial charge in [-0.1, -0.05) is 0 Å². The minimum atomic E-state index is 0.160. The Morgan fingerprint density at radius 2 is 2.53 bits per heavy atom. The number of nitrogens with two attached hydrogens (primary N) is 1. The van der Waals surface area contributed by atoms with Gasteiger partial charge in [0.25, 0.3) is 0 Å². The van der Waals surface area contributed by atoms with E-state index in [1.807, 2.05) is 10.9 Å². The van der Waals surface area contributed by atoms with E-state index in [4.69, 9.17) is 10.6 Å². The van der Waals surface area contributed by atoms with E-state index in [2.05, 4.69) is 23.5 Å². The van der Waals surface area contributed by atoms with Gasteiger partial charge in [0.15, 0.2) is 0 Å². The molecule has 5 nitrogen and oxygen atoms in total. The number of nitrogens with one attached hydrogen (secondary N) is 1. The van der Waals surface area contributed by atoms with Crippen molar-refractivity contribution in [1.29, 1.82) is 0 Å². The van der Waals surface area contributed by atoms with Crippen molar-refractivity contribution >= 4 is 0 Å². The van der Waals surface area contributed by atoms with Crippen LogP contribution in [-0.4, -0.2) is 22.0 Å². The summed E-state index contributed by atoms with van der Waals surface area (Å²) in [5.74, 6) is 6.24. The minimum absolute atomic E-state index is 0.160. The Bertz CT molecular complexity index is 392. The molecule has 3 N–H and O–H groups in total. The minimum Gasteiger partial charge on any atom is -0.375 e. The fourth-order valence-corrected chi connectivity index (χ4v) is 3.33. The molecule has 4 atom stereocenters. The highest BCUT2D eigenvalue weighted by atomic mass is 16.5. The van der Waals surface area contributed by atoms with Gasteiger partial charge in [0.2, 0.25) is 0 Å². The Labute approximate surface area is 101 Å². The molecule has 2 fully saturated rings. The van der Waals surface area contributed by atoms with Crippen molar-refractivity contribution in [3.8, 4) is 0 Å². The van der Waals surface area contributed by atoms with Gasteiger partial charge in [0.1, 0.15) is 0 Å². The van der Waals surface area contributed by atoms with E-state index in [0.717, 1.165) is 13.0 Å². The van der Waals surface area contributed by atoms with E-state index in [1.165, 1.54) is 18.5 Å². The third-order valence-electron chi connectivity index (χ3n) is 4.13. The van der Waals surface area contributed by atoms with Gasteiger partial charge in [-0.2, -0.15) is 5.10 Å². The van der Waals surface area contributed by atoms with Crippen molar-refractivity contribution < 1.29 is 4.74 Å². The molecule has 2 aliphatic rings. The van der Waals surface area contributed by atoms with Crippen LogP contribution >= 0.6 is 0 Å². The first kappa shape index (κ1) is 11.2. The summed E-state index contributed by atoms with van der Waals surface area (Å²) in [6, 6.07) is 2.22. The third-order valence-corrected chi connectivity index (χ3v) is 4.13. The number of aryl methyl sites for hydroxylation is 1. The highest BCUT2D eigenvalue weighted by Crippen LogP contribution is 2.44. The van der Waals surface area contributed by atoms with Gasteiger partial charge in [-0.3, -0.25) is 16.0 Å². The molecular formula is C12H20N4O. The molecule has 0 radical (unpaired) electrons. The van der Waals surface area contributed by atoms with E-state index in [0.29, 0.717) is 18.1 Å². The summed E-state index contributed by atoms with van der Waals surface area (Å²) in [5, 5.41) is 4.32. The fourth-order valence-electron chi connectivity index (χ4n) is 3.33. The highest BCUT2D eigenvalue weighted by molar-refractivity contribution is 5.11. The summed E-state index contributed by atoms with van der Waals surface area (Å²) in [7, 11) is 0.